The first-order valence-corrected chi connectivity index (χ1v) is 6.21. The van der Waals surface area contributed by atoms with Crippen LogP contribution in [-0.4, -0.2) is 21.8 Å². The standard InChI is InChI=1S/C13H19N3O/c1-9-7-13(15-8-14-9)16-12-5-3-11(4-6-12)10(2)17/h7-8,11-12H,3-6H2,1-2H3,(H,14,15,16). The molecular formula is C13H19N3O. The highest BCUT2D eigenvalue weighted by Crippen LogP contribution is 2.26. The van der Waals surface area contributed by atoms with Gasteiger partial charge in [0, 0.05) is 23.7 Å². The van der Waals surface area contributed by atoms with Crippen molar-refractivity contribution in [3.05, 3.63) is 18.1 Å². The van der Waals surface area contributed by atoms with Gasteiger partial charge in [-0.2, -0.15) is 0 Å². The second-order valence-electron chi connectivity index (χ2n) is 4.85. The number of ketones is 1. The lowest BCUT2D eigenvalue weighted by Gasteiger charge is -2.28. The summed E-state index contributed by atoms with van der Waals surface area (Å²) >= 11 is 0. The normalized spacial score (nSPS) is 24.4. The minimum Gasteiger partial charge on any atom is -0.367 e. The van der Waals surface area contributed by atoms with Gasteiger partial charge >= 0.3 is 0 Å². The fourth-order valence-electron chi connectivity index (χ4n) is 2.39. The Bertz CT molecular complexity index is 397. The third-order valence-electron chi connectivity index (χ3n) is 3.46. The molecule has 0 unspecified atom stereocenters. The van der Waals surface area contributed by atoms with Crippen LogP contribution in [0.2, 0.25) is 0 Å². The van der Waals surface area contributed by atoms with Crippen molar-refractivity contribution in [1.82, 2.24) is 9.97 Å². The van der Waals surface area contributed by atoms with E-state index in [0.717, 1.165) is 37.2 Å². The van der Waals surface area contributed by atoms with E-state index in [2.05, 4.69) is 15.3 Å². The molecule has 0 atom stereocenters. The SMILES string of the molecule is CC(=O)C1CCC(Nc2cc(C)ncn2)CC1. The molecule has 0 aromatic carbocycles. The number of anilines is 1. The van der Waals surface area contributed by atoms with Crippen molar-refractivity contribution in [3.63, 3.8) is 0 Å². The van der Waals surface area contributed by atoms with E-state index in [1.807, 2.05) is 13.0 Å². The second-order valence-corrected chi connectivity index (χ2v) is 4.85. The van der Waals surface area contributed by atoms with Gasteiger partial charge in [0.25, 0.3) is 0 Å². The molecule has 92 valence electrons. The Morgan fingerprint density at radius 1 is 1.29 bits per heavy atom. The summed E-state index contributed by atoms with van der Waals surface area (Å²) in [5, 5.41) is 3.42. The number of hydrogen-bond acceptors (Lipinski definition) is 4. The highest BCUT2D eigenvalue weighted by molar-refractivity contribution is 5.78. The average molecular weight is 233 g/mol. The van der Waals surface area contributed by atoms with Crippen LogP contribution >= 0.6 is 0 Å². The number of aromatic nitrogens is 2. The van der Waals surface area contributed by atoms with Crippen LogP contribution in [0.25, 0.3) is 0 Å². The van der Waals surface area contributed by atoms with Gasteiger partial charge in [-0.3, -0.25) is 4.79 Å². The van der Waals surface area contributed by atoms with Crippen molar-refractivity contribution in [2.45, 2.75) is 45.6 Å². The number of hydrogen-bond donors (Lipinski definition) is 1. The van der Waals surface area contributed by atoms with Crippen molar-refractivity contribution < 1.29 is 4.79 Å². The van der Waals surface area contributed by atoms with Gasteiger partial charge < -0.3 is 5.32 Å². The Balaban J connectivity index is 1.88. The summed E-state index contributed by atoms with van der Waals surface area (Å²) in [7, 11) is 0. The summed E-state index contributed by atoms with van der Waals surface area (Å²) in [5.74, 6) is 1.50. The Morgan fingerprint density at radius 2 is 2.00 bits per heavy atom. The summed E-state index contributed by atoms with van der Waals surface area (Å²) in [6.45, 7) is 3.66. The molecule has 4 nitrogen and oxygen atoms in total. The molecule has 1 aromatic heterocycles. The maximum absolute atomic E-state index is 11.3. The maximum Gasteiger partial charge on any atom is 0.132 e. The number of rotatable bonds is 3. The largest absolute Gasteiger partial charge is 0.367 e. The highest BCUT2D eigenvalue weighted by Gasteiger charge is 2.23. The number of carbonyl (C=O) groups is 1. The fourth-order valence-corrected chi connectivity index (χ4v) is 2.39. The van der Waals surface area contributed by atoms with Gasteiger partial charge in [0.15, 0.2) is 0 Å². The summed E-state index contributed by atoms with van der Waals surface area (Å²) in [6, 6.07) is 2.40. The third kappa shape index (κ3) is 3.25. The highest BCUT2D eigenvalue weighted by atomic mass is 16.1. The van der Waals surface area contributed by atoms with Gasteiger partial charge in [-0.15, -0.1) is 0 Å². The molecule has 0 aliphatic heterocycles. The summed E-state index contributed by atoms with van der Waals surface area (Å²) < 4.78 is 0. The Labute approximate surface area is 102 Å². The average Bonchev–Trinajstić information content (AvgIpc) is 2.29. The van der Waals surface area contributed by atoms with Gasteiger partial charge in [-0.05, 0) is 39.5 Å². The number of carbonyl (C=O) groups excluding carboxylic acids is 1. The molecule has 0 radical (unpaired) electrons. The molecule has 1 aliphatic carbocycles. The number of nitrogens with zero attached hydrogens (tertiary/aromatic N) is 2. The monoisotopic (exact) mass is 233 g/mol. The van der Waals surface area contributed by atoms with E-state index in [1.165, 1.54) is 0 Å². The molecule has 0 bridgehead atoms. The molecule has 1 aliphatic rings. The van der Waals surface area contributed by atoms with E-state index in [1.54, 1.807) is 13.3 Å². The Morgan fingerprint density at radius 3 is 2.59 bits per heavy atom. The minimum atomic E-state index is 0.278. The van der Waals surface area contributed by atoms with Gasteiger partial charge in [0.1, 0.15) is 17.9 Å². The molecule has 17 heavy (non-hydrogen) atoms. The first kappa shape index (κ1) is 12.0. The molecule has 1 fully saturated rings. The lowest BCUT2D eigenvalue weighted by Crippen LogP contribution is -2.28. The first-order valence-electron chi connectivity index (χ1n) is 6.21. The lowest BCUT2D eigenvalue weighted by molar-refractivity contribution is -0.121. The molecule has 1 saturated carbocycles. The van der Waals surface area contributed by atoms with E-state index in [9.17, 15) is 4.79 Å². The summed E-state index contributed by atoms with van der Waals surface area (Å²) in [5.41, 5.74) is 0.972. The third-order valence-corrected chi connectivity index (χ3v) is 3.46. The Hall–Kier alpha value is -1.45. The van der Waals surface area contributed by atoms with E-state index in [4.69, 9.17) is 0 Å². The molecule has 1 heterocycles. The first-order chi connectivity index (χ1) is 8.15. The fraction of sp³-hybridized carbons (Fsp3) is 0.615. The minimum absolute atomic E-state index is 0.278. The quantitative estimate of drug-likeness (QED) is 0.870. The molecule has 1 N–H and O–H groups in total. The van der Waals surface area contributed by atoms with Crippen molar-refractivity contribution in [2.75, 3.05) is 5.32 Å². The van der Waals surface area contributed by atoms with Gasteiger partial charge in [0.05, 0.1) is 0 Å². The molecule has 0 spiro atoms. The van der Waals surface area contributed by atoms with Crippen molar-refractivity contribution in [3.8, 4) is 0 Å². The van der Waals surface area contributed by atoms with E-state index in [0.29, 0.717) is 11.8 Å². The smallest absolute Gasteiger partial charge is 0.132 e. The Kier molecular flexibility index (Phi) is 3.71. The zero-order chi connectivity index (χ0) is 12.3. The van der Waals surface area contributed by atoms with Crippen LogP contribution in [0.3, 0.4) is 0 Å². The summed E-state index contributed by atoms with van der Waals surface area (Å²) in [6.07, 6.45) is 5.67. The molecular weight excluding hydrogens is 214 g/mol. The number of nitrogens with one attached hydrogen (secondary N) is 1. The van der Waals surface area contributed by atoms with Crippen molar-refractivity contribution in [2.24, 2.45) is 5.92 Å². The van der Waals surface area contributed by atoms with Crippen LogP contribution < -0.4 is 5.32 Å². The van der Waals surface area contributed by atoms with Crippen LogP contribution in [0.1, 0.15) is 38.3 Å². The van der Waals surface area contributed by atoms with Crippen LogP contribution in [0.5, 0.6) is 0 Å². The molecule has 2 rings (SSSR count). The second kappa shape index (κ2) is 5.25. The number of Topliss-reactive ketones (excluding diaryl/α,β-unsaturated/α-hetero) is 1. The number of aryl methyl sites for hydroxylation is 1. The molecule has 1 aromatic rings. The predicted octanol–water partition coefficient (Wildman–Crippen LogP) is 2.34. The van der Waals surface area contributed by atoms with Gasteiger partial charge in [0.2, 0.25) is 0 Å². The zero-order valence-electron chi connectivity index (χ0n) is 10.4. The zero-order valence-corrected chi connectivity index (χ0v) is 10.4. The lowest BCUT2D eigenvalue weighted by atomic mass is 9.84. The van der Waals surface area contributed by atoms with Crippen LogP contribution in [0.15, 0.2) is 12.4 Å². The van der Waals surface area contributed by atoms with E-state index >= 15 is 0 Å². The van der Waals surface area contributed by atoms with E-state index < -0.39 is 0 Å². The topological polar surface area (TPSA) is 54.9 Å². The van der Waals surface area contributed by atoms with Crippen molar-refractivity contribution in [1.29, 1.82) is 0 Å². The maximum atomic E-state index is 11.3. The van der Waals surface area contributed by atoms with Gasteiger partial charge in [-0.25, -0.2) is 9.97 Å². The van der Waals surface area contributed by atoms with Crippen LogP contribution in [-0.2, 0) is 4.79 Å². The predicted molar refractivity (Wildman–Crippen MR) is 66.8 cm³/mol. The summed E-state index contributed by atoms with van der Waals surface area (Å²) in [4.78, 5) is 19.5. The molecule has 4 heteroatoms. The van der Waals surface area contributed by atoms with Crippen LogP contribution in [0.4, 0.5) is 5.82 Å². The molecule has 0 saturated heterocycles. The molecule has 0 amide bonds. The van der Waals surface area contributed by atoms with Crippen molar-refractivity contribution >= 4 is 11.6 Å². The van der Waals surface area contributed by atoms with Crippen LogP contribution in [0, 0.1) is 12.8 Å². The van der Waals surface area contributed by atoms with Gasteiger partial charge in [-0.1, -0.05) is 0 Å². The van der Waals surface area contributed by atoms with E-state index in [-0.39, 0.29) is 5.92 Å².